The van der Waals surface area contributed by atoms with E-state index in [1.807, 2.05) is 6.92 Å². The van der Waals surface area contributed by atoms with Gasteiger partial charge in [0.05, 0.1) is 12.2 Å². The lowest BCUT2D eigenvalue weighted by molar-refractivity contribution is -0.135. The molecule has 2 N–H and O–H groups in total. The summed E-state index contributed by atoms with van der Waals surface area (Å²) < 4.78 is 21.2. The molecule has 1 atom stereocenters. The number of carbonyl (C=O) groups excluding carboxylic acids is 3. The Bertz CT molecular complexity index is 883. The van der Waals surface area contributed by atoms with Crippen LogP contribution in [0.15, 0.2) is 48.5 Å². The summed E-state index contributed by atoms with van der Waals surface area (Å²) in [7, 11) is 0. The van der Waals surface area contributed by atoms with E-state index in [9.17, 15) is 14.4 Å². The third kappa shape index (κ3) is 5.38. The first-order valence-electron chi connectivity index (χ1n) is 8.94. The monoisotopic (exact) mass is 400 g/mol. The molecule has 0 fully saturated rings. The molecule has 2 aromatic carbocycles. The SMILES string of the molecule is CCOc1ccc(C(=O)OCC(=O)NNC(=O)[C@@H]2COc3ccccc3O2)cc1. The predicted molar refractivity (Wildman–Crippen MR) is 101 cm³/mol. The van der Waals surface area contributed by atoms with Gasteiger partial charge in [0.1, 0.15) is 12.4 Å². The average Bonchev–Trinajstić information content (AvgIpc) is 2.76. The van der Waals surface area contributed by atoms with E-state index in [4.69, 9.17) is 18.9 Å². The predicted octanol–water partition coefficient (Wildman–Crippen LogP) is 1.23. The number of ether oxygens (including phenoxy) is 4. The minimum Gasteiger partial charge on any atom is -0.494 e. The maximum Gasteiger partial charge on any atom is 0.338 e. The Morgan fingerprint density at radius 1 is 1.03 bits per heavy atom. The molecule has 0 unspecified atom stereocenters. The van der Waals surface area contributed by atoms with Crippen molar-refractivity contribution >= 4 is 17.8 Å². The van der Waals surface area contributed by atoms with Crippen LogP contribution in [0, 0.1) is 0 Å². The molecule has 0 bridgehead atoms. The summed E-state index contributed by atoms with van der Waals surface area (Å²) in [6.45, 7) is 1.81. The largest absolute Gasteiger partial charge is 0.494 e. The maximum atomic E-state index is 12.1. The summed E-state index contributed by atoms with van der Waals surface area (Å²) in [6.07, 6.45) is -0.920. The third-order valence-electron chi connectivity index (χ3n) is 3.86. The number of para-hydroxylation sites is 2. The molecule has 1 aliphatic heterocycles. The van der Waals surface area contributed by atoms with Crippen LogP contribution in [0.1, 0.15) is 17.3 Å². The molecule has 2 aromatic rings. The van der Waals surface area contributed by atoms with Gasteiger partial charge >= 0.3 is 5.97 Å². The van der Waals surface area contributed by atoms with Crippen LogP contribution in [-0.2, 0) is 14.3 Å². The average molecular weight is 400 g/mol. The van der Waals surface area contributed by atoms with E-state index >= 15 is 0 Å². The number of hydrogen-bond donors (Lipinski definition) is 2. The molecular formula is C20H20N2O7. The molecule has 152 valence electrons. The van der Waals surface area contributed by atoms with Crippen LogP contribution in [0.5, 0.6) is 17.2 Å². The van der Waals surface area contributed by atoms with Crippen LogP contribution in [-0.4, -0.2) is 43.7 Å². The highest BCUT2D eigenvalue weighted by atomic mass is 16.6. The Kier molecular flexibility index (Phi) is 6.51. The molecule has 3 rings (SSSR count). The van der Waals surface area contributed by atoms with E-state index in [2.05, 4.69) is 10.9 Å². The Hall–Kier alpha value is -3.75. The highest BCUT2D eigenvalue weighted by molar-refractivity contribution is 5.92. The number of rotatable bonds is 6. The highest BCUT2D eigenvalue weighted by Crippen LogP contribution is 2.30. The Morgan fingerprint density at radius 2 is 1.76 bits per heavy atom. The molecule has 0 saturated heterocycles. The van der Waals surface area contributed by atoms with Crippen molar-refractivity contribution in [2.24, 2.45) is 0 Å². The smallest absolute Gasteiger partial charge is 0.338 e. The number of benzene rings is 2. The molecule has 9 heteroatoms. The van der Waals surface area contributed by atoms with Crippen LogP contribution in [0.3, 0.4) is 0 Å². The van der Waals surface area contributed by atoms with Crippen molar-refractivity contribution in [2.75, 3.05) is 19.8 Å². The minimum atomic E-state index is -0.920. The van der Waals surface area contributed by atoms with Crippen molar-refractivity contribution in [1.82, 2.24) is 10.9 Å². The number of hydrogen-bond acceptors (Lipinski definition) is 7. The fraction of sp³-hybridized carbons (Fsp3) is 0.250. The summed E-state index contributed by atoms with van der Waals surface area (Å²) in [6, 6.07) is 13.3. The normalized spacial score (nSPS) is 14.4. The molecule has 29 heavy (non-hydrogen) atoms. The first-order chi connectivity index (χ1) is 14.1. The number of fused-ring (bicyclic) bond motifs is 1. The summed E-state index contributed by atoms with van der Waals surface area (Å²) in [5.41, 5.74) is 4.66. The number of hydrazine groups is 1. The molecule has 2 amide bonds. The van der Waals surface area contributed by atoms with Gasteiger partial charge in [-0.2, -0.15) is 0 Å². The van der Waals surface area contributed by atoms with Gasteiger partial charge in [0.25, 0.3) is 11.8 Å². The summed E-state index contributed by atoms with van der Waals surface area (Å²) >= 11 is 0. The quantitative estimate of drug-likeness (QED) is 0.554. The van der Waals surface area contributed by atoms with Gasteiger partial charge in [-0.05, 0) is 43.3 Å². The number of esters is 1. The van der Waals surface area contributed by atoms with Gasteiger partial charge in [-0.3, -0.25) is 20.4 Å². The van der Waals surface area contributed by atoms with E-state index < -0.39 is 30.5 Å². The van der Waals surface area contributed by atoms with Crippen molar-refractivity contribution in [3.05, 3.63) is 54.1 Å². The second-order valence-electron chi connectivity index (χ2n) is 5.94. The molecule has 0 aliphatic carbocycles. The van der Waals surface area contributed by atoms with Crippen molar-refractivity contribution in [2.45, 2.75) is 13.0 Å². The Balaban J connectivity index is 1.40. The van der Waals surface area contributed by atoms with Crippen molar-refractivity contribution in [3.63, 3.8) is 0 Å². The standard InChI is InChI=1S/C20H20N2O7/c1-2-26-14-9-7-13(8-10-14)20(25)28-12-18(23)21-22-19(24)17-11-27-15-5-3-4-6-16(15)29-17/h3-10,17H,2,11-12H2,1H3,(H,21,23)(H,22,24)/t17-/m0/s1. The second-order valence-corrected chi connectivity index (χ2v) is 5.94. The van der Waals surface area contributed by atoms with Gasteiger partial charge in [0, 0.05) is 0 Å². The van der Waals surface area contributed by atoms with Crippen molar-refractivity contribution < 1.29 is 33.3 Å². The van der Waals surface area contributed by atoms with Crippen molar-refractivity contribution in [3.8, 4) is 17.2 Å². The first-order valence-corrected chi connectivity index (χ1v) is 8.94. The lowest BCUT2D eigenvalue weighted by Gasteiger charge is -2.25. The van der Waals surface area contributed by atoms with Crippen LogP contribution in [0.2, 0.25) is 0 Å². The highest BCUT2D eigenvalue weighted by Gasteiger charge is 2.27. The molecule has 1 heterocycles. The summed E-state index contributed by atoms with van der Waals surface area (Å²) in [4.78, 5) is 35.9. The molecule has 0 saturated carbocycles. The molecule has 9 nitrogen and oxygen atoms in total. The number of nitrogens with one attached hydrogen (secondary N) is 2. The first kappa shape index (κ1) is 20.0. The van der Waals surface area contributed by atoms with Crippen LogP contribution < -0.4 is 25.1 Å². The second kappa shape index (κ2) is 9.45. The molecule has 0 radical (unpaired) electrons. The summed E-state index contributed by atoms with van der Waals surface area (Å²) in [5, 5.41) is 0. The van der Waals surface area contributed by atoms with E-state index in [-0.39, 0.29) is 12.2 Å². The number of carbonyl (C=O) groups is 3. The third-order valence-corrected chi connectivity index (χ3v) is 3.86. The van der Waals surface area contributed by atoms with Gasteiger partial charge < -0.3 is 18.9 Å². The zero-order valence-corrected chi connectivity index (χ0v) is 15.7. The van der Waals surface area contributed by atoms with Gasteiger partial charge in [0.15, 0.2) is 18.1 Å². The Labute approximate surface area is 166 Å². The maximum absolute atomic E-state index is 12.1. The molecule has 0 aromatic heterocycles. The van der Waals surface area contributed by atoms with E-state index in [1.165, 1.54) is 12.1 Å². The van der Waals surface area contributed by atoms with Crippen LogP contribution in [0.4, 0.5) is 0 Å². The molecular weight excluding hydrogens is 380 g/mol. The lowest BCUT2D eigenvalue weighted by atomic mass is 10.2. The zero-order chi connectivity index (χ0) is 20.6. The van der Waals surface area contributed by atoms with Gasteiger partial charge in [-0.1, -0.05) is 12.1 Å². The summed E-state index contributed by atoms with van der Waals surface area (Å²) in [5.74, 6) is -0.354. The van der Waals surface area contributed by atoms with E-state index in [0.717, 1.165) is 0 Å². The molecule has 1 aliphatic rings. The van der Waals surface area contributed by atoms with E-state index in [0.29, 0.717) is 23.9 Å². The Morgan fingerprint density at radius 3 is 2.48 bits per heavy atom. The van der Waals surface area contributed by atoms with Crippen LogP contribution >= 0.6 is 0 Å². The van der Waals surface area contributed by atoms with E-state index in [1.54, 1.807) is 36.4 Å². The van der Waals surface area contributed by atoms with Crippen molar-refractivity contribution in [1.29, 1.82) is 0 Å². The van der Waals surface area contributed by atoms with Crippen LogP contribution in [0.25, 0.3) is 0 Å². The fourth-order valence-corrected chi connectivity index (χ4v) is 2.46. The fourth-order valence-electron chi connectivity index (χ4n) is 2.46. The number of amides is 2. The van der Waals surface area contributed by atoms with Gasteiger partial charge in [-0.25, -0.2) is 4.79 Å². The molecule has 0 spiro atoms. The van der Waals surface area contributed by atoms with Gasteiger partial charge in [-0.15, -0.1) is 0 Å². The van der Waals surface area contributed by atoms with Gasteiger partial charge in [0.2, 0.25) is 6.10 Å². The topological polar surface area (TPSA) is 112 Å². The zero-order valence-electron chi connectivity index (χ0n) is 15.7. The lowest BCUT2D eigenvalue weighted by Crippen LogP contribution is -2.51. The minimum absolute atomic E-state index is 0.00540.